The fourth-order valence-corrected chi connectivity index (χ4v) is 9.06. The summed E-state index contributed by atoms with van der Waals surface area (Å²) >= 11 is 0. The van der Waals surface area contributed by atoms with Crippen LogP contribution in [-0.4, -0.2) is 0 Å². The SMILES string of the molecule is CCCCCCCCC(c1ccccc1)C(c1ccccc1)(c1ccccc1)N(c1ccccc1)N(c1ccccc1)N(c1ccccc1)N(c1ccccc1)c1ccccc1. The van der Waals surface area contributed by atoms with Gasteiger partial charge >= 0.3 is 0 Å². The third-order valence-corrected chi connectivity index (χ3v) is 11.8. The smallest absolute Gasteiger partial charge is 0.120 e. The lowest BCUT2D eigenvalue weighted by atomic mass is 9.67. The van der Waals surface area contributed by atoms with Crippen molar-refractivity contribution < 1.29 is 0 Å². The van der Waals surface area contributed by atoms with Crippen LogP contribution in [0.2, 0.25) is 0 Å². The quantitative estimate of drug-likeness (QED) is 0.0561. The van der Waals surface area contributed by atoms with Gasteiger partial charge in [-0.25, -0.2) is 10.0 Å². The van der Waals surface area contributed by atoms with Crippen molar-refractivity contribution in [2.75, 3.05) is 20.3 Å². The normalized spacial score (nSPS) is 11.7. The van der Waals surface area contributed by atoms with E-state index in [4.69, 9.17) is 0 Å². The fraction of sp³-hybridized carbons (Fsp3) is 0.172. The number of benzene rings is 8. The highest BCUT2D eigenvalue weighted by Gasteiger charge is 2.52. The molecule has 0 amide bonds. The van der Waals surface area contributed by atoms with E-state index in [1.807, 2.05) is 0 Å². The van der Waals surface area contributed by atoms with Crippen molar-refractivity contribution >= 4 is 28.4 Å². The lowest BCUT2D eigenvalue weighted by Crippen LogP contribution is -2.67. The van der Waals surface area contributed by atoms with Crippen LogP contribution in [0.3, 0.4) is 0 Å². The van der Waals surface area contributed by atoms with Crippen LogP contribution < -0.4 is 20.3 Å². The molecule has 0 aliphatic heterocycles. The van der Waals surface area contributed by atoms with Crippen LogP contribution in [0.25, 0.3) is 0 Å². The van der Waals surface area contributed by atoms with E-state index in [-0.39, 0.29) is 5.92 Å². The molecule has 8 aromatic rings. The van der Waals surface area contributed by atoms with Gasteiger partial charge in [0.05, 0.1) is 28.4 Å². The third-order valence-electron chi connectivity index (χ3n) is 11.8. The predicted molar refractivity (Wildman–Crippen MR) is 263 cm³/mol. The van der Waals surface area contributed by atoms with Crippen LogP contribution in [-0.2, 0) is 5.54 Å². The van der Waals surface area contributed by atoms with Gasteiger partial charge in [0, 0.05) is 5.92 Å². The summed E-state index contributed by atoms with van der Waals surface area (Å²) in [6, 6.07) is 88.1. The molecule has 0 bridgehead atoms. The van der Waals surface area contributed by atoms with Crippen LogP contribution >= 0.6 is 0 Å². The first-order chi connectivity index (χ1) is 30.8. The lowest BCUT2D eigenvalue weighted by molar-refractivity contribution is 0.343. The first kappa shape index (κ1) is 41.7. The van der Waals surface area contributed by atoms with E-state index in [1.165, 1.54) is 48.8 Å². The molecule has 0 heterocycles. The molecule has 4 heteroatoms. The molecule has 8 aromatic carbocycles. The zero-order valence-electron chi connectivity index (χ0n) is 35.9. The van der Waals surface area contributed by atoms with Crippen LogP contribution in [0.5, 0.6) is 0 Å². The summed E-state index contributed by atoms with van der Waals surface area (Å²) in [5.74, 6) is -0.00869. The monoisotopic (exact) mass is 810 g/mol. The second-order valence-electron chi connectivity index (χ2n) is 15.9. The van der Waals surface area contributed by atoms with E-state index < -0.39 is 5.54 Å². The van der Waals surface area contributed by atoms with Crippen molar-refractivity contribution in [2.24, 2.45) is 0 Å². The number of hydrogen-bond donors (Lipinski definition) is 0. The molecule has 0 saturated carbocycles. The Morgan fingerprint density at radius 2 is 0.677 bits per heavy atom. The molecule has 0 aliphatic carbocycles. The molecule has 310 valence electrons. The zero-order valence-corrected chi connectivity index (χ0v) is 35.9. The molecule has 62 heavy (non-hydrogen) atoms. The Hall–Kier alpha value is -7.04. The average molecular weight is 811 g/mol. The minimum atomic E-state index is -0.823. The fourth-order valence-electron chi connectivity index (χ4n) is 9.06. The first-order valence-corrected chi connectivity index (χ1v) is 22.4. The van der Waals surface area contributed by atoms with Gasteiger partial charge in [-0.3, -0.25) is 0 Å². The Morgan fingerprint density at radius 1 is 0.339 bits per heavy atom. The van der Waals surface area contributed by atoms with Crippen molar-refractivity contribution in [3.8, 4) is 0 Å². The van der Waals surface area contributed by atoms with Gasteiger partial charge in [0.25, 0.3) is 0 Å². The topological polar surface area (TPSA) is 13.0 Å². The van der Waals surface area contributed by atoms with Gasteiger partial charge in [-0.1, -0.05) is 227 Å². The van der Waals surface area contributed by atoms with Crippen molar-refractivity contribution in [3.05, 3.63) is 259 Å². The van der Waals surface area contributed by atoms with Gasteiger partial charge in [-0.15, -0.1) is 0 Å². The zero-order chi connectivity index (χ0) is 42.2. The van der Waals surface area contributed by atoms with Gasteiger partial charge in [-0.2, -0.15) is 10.2 Å². The summed E-state index contributed by atoms with van der Waals surface area (Å²) in [6.45, 7) is 2.30. The molecular formula is C58H58N4. The standard InChI is InChI=1S/C58H58N4/c1-2-3-4-5-6-31-48-57(49-32-15-7-16-33-49)58(50-34-17-8-18-35-50,51-36-19-9-20-37-51)60(54-42-25-12-26-43-54)62(56-46-29-14-30-47-56)61(55-44-27-13-28-45-55)59(52-38-21-10-22-39-52)53-40-23-11-24-41-53/h7-30,32-47,57H,2-6,31,48H2,1H3. The second kappa shape index (κ2) is 21.0. The summed E-state index contributed by atoms with van der Waals surface area (Å²) < 4.78 is 0. The summed E-state index contributed by atoms with van der Waals surface area (Å²) in [4.78, 5) is 0. The molecule has 0 aromatic heterocycles. The highest BCUT2D eigenvalue weighted by Crippen LogP contribution is 2.53. The molecule has 1 atom stereocenters. The summed E-state index contributed by atoms with van der Waals surface area (Å²) in [5.41, 5.74) is 7.97. The number of rotatable bonds is 20. The van der Waals surface area contributed by atoms with E-state index in [0.717, 1.165) is 41.3 Å². The molecular weight excluding hydrogens is 753 g/mol. The van der Waals surface area contributed by atoms with E-state index in [0.29, 0.717) is 0 Å². The molecule has 0 saturated heterocycles. The Morgan fingerprint density at radius 3 is 1.11 bits per heavy atom. The Labute approximate surface area is 369 Å². The minimum Gasteiger partial charge on any atom is -0.249 e. The predicted octanol–water partition coefficient (Wildman–Crippen LogP) is 15.6. The second-order valence-corrected chi connectivity index (χ2v) is 15.9. The van der Waals surface area contributed by atoms with E-state index in [2.05, 4.69) is 270 Å². The van der Waals surface area contributed by atoms with E-state index in [1.54, 1.807) is 0 Å². The summed E-state index contributed by atoms with van der Waals surface area (Å²) in [7, 11) is 0. The van der Waals surface area contributed by atoms with Gasteiger partial charge in [-0.05, 0) is 83.8 Å². The molecule has 0 radical (unpaired) electrons. The largest absolute Gasteiger partial charge is 0.249 e. The molecule has 1 unspecified atom stereocenters. The van der Waals surface area contributed by atoms with Gasteiger partial charge < -0.3 is 0 Å². The van der Waals surface area contributed by atoms with Crippen LogP contribution in [0.4, 0.5) is 28.4 Å². The van der Waals surface area contributed by atoms with E-state index in [9.17, 15) is 0 Å². The minimum absolute atomic E-state index is 0.00869. The Bertz CT molecular complexity index is 2370. The van der Waals surface area contributed by atoms with Crippen molar-refractivity contribution in [2.45, 2.75) is 63.3 Å². The molecule has 0 spiro atoms. The Kier molecular flexibility index (Phi) is 14.1. The number of nitrogens with zero attached hydrogens (tertiary/aromatic N) is 4. The van der Waals surface area contributed by atoms with Crippen LogP contribution in [0.15, 0.2) is 243 Å². The van der Waals surface area contributed by atoms with Gasteiger partial charge in [0.1, 0.15) is 5.54 Å². The van der Waals surface area contributed by atoms with Crippen molar-refractivity contribution in [1.29, 1.82) is 0 Å². The highest BCUT2D eigenvalue weighted by atomic mass is 16.0. The lowest BCUT2D eigenvalue weighted by Gasteiger charge is -2.58. The number of hydrazine groups is 3. The van der Waals surface area contributed by atoms with E-state index >= 15 is 0 Å². The van der Waals surface area contributed by atoms with Gasteiger partial charge in [0.15, 0.2) is 0 Å². The molecule has 8 rings (SSSR count). The highest BCUT2D eigenvalue weighted by molar-refractivity contribution is 5.77. The molecule has 0 fully saturated rings. The third kappa shape index (κ3) is 9.16. The molecule has 0 N–H and O–H groups in total. The van der Waals surface area contributed by atoms with Crippen LogP contribution in [0, 0.1) is 0 Å². The van der Waals surface area contributed by atoms with Crippen LogP contribution in [0.1, 0.15) is 74.5 Å². The van der Waals surface area contributed by atoms with Crippen molar-refractivity contribution in [1.82, 2.24) is 0 Å². The maximum absolute atomic E-state index is 2.62. The maximum Gasteiger partial charge on any atom is 0.120 e. The molecule has 4 nitrogen and oxygen atoms in total. The number of anilines is 5. The summed E-state index contributed by atoms with van der Waals surface area (Å²) in [6.07, 6.45) is 8.28. The number of hydrogen-bond acceptors (Lipinski definition) is 4. The summed E-state index contributed by atoms with van der Waals surface area (Å²) in [5, 5.41) is 9.79. The first-order valence-electron chi connectivity index (χ1n) is 22.4. The number of para-hydroxylation sites is 5. The maximum atomic E-state index is 2.62. The van der Waals surface area contributed by atoms with Gasteiger partial charge in [0.2, 0.25) is 0 Å². The average Bonchev–Trinajstić information content (AvgIpc) is 3.36. The number of unbranched alkanes of at least 4 members (excludes halogenated alkanes) is 5. The van der Waals surface area contributed by atoms with Crippen molar-refractivity contribution in [3.63, 3.8) is 0 Å². The Balaban J connectivity index is 1.52. The molecule has 0 aliphatic rings.